The minimum absolute atomic E-state index is 0.173. The zero-order chi connectivity index (χ0) is 12.6. The Morgan fingerprint density at radius 3 is 2.06 bits per heavy atom. The Kier molecular flexibility index (Phi) is 2.99. The average molecular weight is 226 g/mol. The molecule has 90 valence electrons. The Morgan fingerprint density at radius 2 is 1.47 bits per heavy atom. The smallest absolute Gasteiger partial charge is 0.00446 e. The third kappa shape index (κ3) is 1.97. The van der Waals surface area contributed by atoms with Crippen molar-refractivity contribution in [2.24, 2.45) is 5.92 Å². The van der Waals surface area contributed by atoms with E-state index in [1.807, 2.05) is 0 Å². The highest BCUT2D eigenvalue weighted by Crippen LogP contribution is 2.38. The molecule has 0 N–H and O–H groups in total. The maximum absolute atomic E-state index is 2.34. The minimum Gasteiger partial charge on any atom is -0.0768 e. The van der Waals surface area contributed by atoms with Crippen molar-refractivity contribution >= 4 is 0 Å². The van der Waals surface area contributed by atoms with Crippen LogP contribution >= 0.6 is 0 Å². The van der Waals surface area contributed by atoms with E-state index in [1.54, 1.807) is 0 Å². The summed E-state index contributed by atoms with van der Waals surface area (Å²) in [5.74, 6) is 0.517. The van der Waals surface area contributed by atoms with Crippen LogP contribution in [-0.2, 0) is 5.41 Å². The third-order valence-electron chi connectivity index (χ3n) is 4.33. The minimum atomic E-state index is 0.173. The molecule has 0 saturated carbocycles. The van der Waals surface area contributed by atoms with Gasteiger partial charge in [0.1, 0.15) is 0 Å². The molecule has 0 saturated heterocycles. The van der Waals surface area contributed by atoms with Gasteiger partial charge in [-0.05, 0) is 48.4 Å². The summed E-state index contributed by atoms with van der Waals surface area (Å²) in [6.45, 7) is 11.4. The molecule has 1 aromatic rings. The van der Waals surface area contributed by atoms with Crippen molar-refractivity contribution < 1.29 is 0 Å². The summed E-state index contributed by atoms with van der Waals surface area (Å²) in [7, 11) is 0. The highest BCUT2D eigenvalue weighted by molar-refractivity contribution is 5.44. The summed E-state index contributed by atoms with van der Waals surface area (Å²) in [5, 5.41) is 0. The molecule has 0 aromatic heterocycles. The van der Waals surface area contributed by atoms with Crippen LogP contribution in [0.3, 0.4) is 0 Å². The van der Waals surface area contributed by atoms with Gasteiger partial charge in [0.15, 0.2) is 0 Å². The predicted octanol–water partition coefficient (Wildman–Crippen LogP) is 4.63. The summed E-state index contributed by atoms with van der Waals surface area (Å²) in [4.78, 5) is 0. The number of aryl methyl sites for hydroxylation is 1. The van der Waals surface area contributed by atoms with Crippen molar-refractivity contribution in [3.8, 4) is 0 Å². The standard InChI is InChI=1S/C17H22/c1-12-10-11-16(14(3)13(12)2)17(4,5)15-8-6-7-9-15/h6-11,15H,1-5H3. The topological polar surface area (TPSA) is 0 Å². The van der Waals surface area contributed by atoms with Gasteiger partial charge in [-0.1, -0.05) is 50.3 Å². The number of benzene rings is 1. The molecule has 0 heteroatoms. The zero-order valence-corrected chi connectivity index (χ0v) is 11.5. The van der Waals surface area contributed by atoms with Gasteiger partial charge in [-0.25, -0.2) is 0 Å². The van der Waals surface area contributed by atoms with Crippen molar-refractivity contribution in [3.05, 3.63) is 58.7 Å². The van der Waals surface area contributed by atoms with Gasteiger partial charge in [0, 0.05) is 5.92 Å². The van der Waals surface area contributed by atoms with Gasteiger partial charge in [-0.15, -0.1) is 0 Å². The lowest BCUT2D eigenvalue weighted by Gasteiger charge is -2.32. The second-order valence-electron chi connectivity index (χ2n) is 5.70. The van der Waals surface area contributed by atoms with Gasteiger partial charge in [-0.3, -0.25) is 0 Å². The number of rotatable bonds is 2. The van der Waals surface area contributed by atoms with Crippen LogP contribution in [0.25, 0.3) is 0 Å². The summed E-state index contributed by atoms with van der Waals surface area (Å²) >= 11 is 0. The van der Waals surface area contributed by atoms with Crippen LogP contribution < -0.4 is 0 Å². The van der Waals surface area contributed by atoms with Crippen molar-refractivity contribution in [2.75, 3.05) is 0 Å². The lowest BCUT2D eigenvalue weighted by Crippen LogP contribution is -2.26. The molecule has 1 aliphatic rings. The first-order valence-corrected chi connectivity index (χ1v) is 6.37. The van der Waals surface area contributed by atoms with Crippen LogP contribution in [-0.4, -0.2) is 0 Å². The highest BCUT2D eigenvalue weighted by atomic mass is 14.3. The summed E-state index contributed by atoms with van der Waals surface area (Å²) in [6, 6.07) is 4.56. The Morgan fingerprint density at radius 1 is 0.882 bits per heavy atom. The fourth-order valence-corrected chi connectivity index (χ4v) is 2.75. The van der Waals surface area contributed by atoms with Gasteiger partial charge < -0.3 is 0 Å². The first-order chi connectivity index (χ1) is 7.94. The third-order valence-corrected chi connectivity index (χ3v) is 4.33. The van der Waals surface area contributed by atoms with E-state index in [-0.39, 0.29) is 5.41 Å². The van der Waals surface area contributed by atoms with E-state index in [0.29, 0.717) is 5.92 Å². The van der Waals surface area contributed by atoms with E-state index < -0.39 is 0 Å². The van der Waals surface area contributed by atoms with Crippen LogP contribution in [0.5, 0.6) is 0 Å². The molecule has 1 aliphatic carbocycles. The van der Waals surface area contributed by atoms with Gasteiger partial charge >= 0.3 is 0 Å². The van der Waals surface area contributed by atoms with Crippen molar-refractivity contribution in [1.82, 2.24) is 0 Å². The molecule has 0 atom stereocenters. The van der Waals surface area contributed by atoms with E-state index in [4.69, 9.17) is 0 Å². The Labute approximate surface area is 105 Å². The molecule has 0 nitrogen and oxygen atoms in total. The summed E-state index contributed by atoms with van der Waals surface area (Å²) in [6.07, 6.45) is 8.91. The fraction of sp³-hybridized carbons (Fsp3) is 0.412. The monoisotopic (exact) mass is 226 g/mol. The largest absolute Gasteiger partial charge is 0.0768 e. The lowest BCUT2D eigenvalue weighted by atomic mass is 9.71. The molecule has 0 heterocycles. The van der Waals surface area contributed by atoms with E-state index in [9.17, 15) is 0 Å². The molecule has 0 bridgehead atoms. The number of allylic oxidation sites excluding steroid dienone is 4. The maximum Gasteiger partial charge on any atom is 0.00446 e. The first-order valence-electron chi connectivity index (χ1n) is 6.37. The van der Waals surface area contributed by atoms with Crippen molar-refractivity contribution in [1.29, 1.82) is 0 Å². The maximum atomic E-state index is 2.34. The predicted molar refractivity (Wildman–Crippen MR) is 75.4 cm³/mol. The molecule has 1 aromatic carbocycles. The Bertz CT molecular complexity index is 475. The van der Waals surface area contributed by atoms with E-state index in [0.717, 1.165) is 0 Å². The molecule has 0 unspecified atom stereocenters. The summed E-state index contributed by atoms with van der Waals surface area (Å²) in [5.41, 5.74) is 5.91. The molecule has 17 heavy (non-hydrogen) atoms. The second kappa shape index (κ2) is 4.18. The molecule has 0 spiro atoms. The van der Waals surface area contributed by atoms with Gasteiger partial charge in [-0.2, -0.15) is 0 Å². The molecule has 0 aliphatic heterocycles. The van der Waals surface area contributed by atoms with Crippen LogP contribution in [0, 0.1) is 26.7 Å². The quantitative estimate of drug-likeness (QED) is 0.689. The van der Waals surface area contributed by atoms with Gasteiger partial charge in [0.05, 0.1) is 0 Å². The van der Waals surface area contributed by atoms with E-state index >= 15 is 0 Å². The Balaban J connectivity index is 2.50. The molecule has 0 amide bonds. The van der Waals surface area contributed by atoms with Crippen molar-refractivity contribution in [3.63, 3.8) is 0 Å². The van der Waals surface area contributed by atoms with E-state index in [1.165, 1.54) is 22.3 Å². The summed E-state index contributed by atoms with van der Waals surface area (Å²) < 4.78 is 0. The lowest BCUT2D eigenvalue weighted by molar-refractivity contribution is 0.445. The highest BCUT2D eigenvalue weighted by Gasteiger charge is 2.30. The average Bonchev–Trinajstić information content (AvgIpc) is 2.79. The molecule has 0 radical (unpaired) electrons. The Hall–Kier alpha value is -1.30. The zero-order valence-electron chi connectivity index (χ0n) is 11.5. The normalized spacial score (nSPS) is 15.8. The SMILES string of the molecule is Cc1ccc(C(C)(C)C2C=CC=C2)c(C)c1C. The second-order valence-corrected chi connectivity index (χ2v) is 5.70. The van der Waals surface area contributed by atoms with Crippen LogP contribution in [0.1, 0.15) is 36.1 Å². The van der Waals surface area contributed by atoms with Crippen LogP contribution in [0.2, 0.25) is 0 Å². The first kappa shape index (κ1) is 12.2. The number of hydrogen-bond donors (Lipinski definition) is 0. The van der Waals surface area contributed by atoms with Crippen LogP contribution in [0.15, 0.2) is 36.4 Å². The molecule has 0 fully saturated rings. The van der Waals surface area contributed by atoms with Gasteiger partial charge in [0.25, 0.3) is 0 Å². The number of hydrogen-bond acceptors (Lipinski definition) is 0. The molecular weight excluding hydrogens is 204 g/mol. The molecular formula is C17H22. The van der Waals surface area contributed by atoms with Crippen LogP contribution in [0.4, 0.5) is 0 Å². The van der Waals surface area contributed by atoms with Gasteiger partial charge in [0.2, 0.25) is 0 Å². The fourth-order valence-electron chi connectivity index (χ4n) is 2.75. The molecule has 2 rings (SSSR count). The van der Waals surface area contributed by atoms with E-state index in [2.05, 4.69) is 71.1 Å². The van der Waals surface area contributed by atoms with Crippen molar-refractivity contribution in [2.45, 2.75) is 40.0 Å².